The number of nitrogens with zero attached hydrogens (tertiary/aromatic N) is 1. The highest BCUT2D eigenvalue weighted by Gasteiger charge is 2.11. The molecule has 0 saturated carbocycles. The van der Waals surface area contributed by atoms with Crippen molar-refractivity contribution in [3.8, 4) is 0 Å². The maximum atomic E-state index is 12.2. The Morgan fingerprint density at radius 3 is 2.68 bits per heavy atom. The molecule has 1 amide bonds. The van der Waals surface area contributed by atoms with Gasteiger partial charge in [0.15, 0.2) is 0 Å². The van der Waals surface area contributed by atoms with Crippen LogP contribution in [0.3, 0.4) is 0 Å². The van der Waals surface area contributed by atoms with Crippen molar-refractivity contribution < 1.29 is 4.79 Å². The summed E-state index contributed by atoms with van der Waals surface area (Å²) in [6.07, 6.45) is 6.44. The minimum atomic E-state index is 0.0667. The minimum absolute atomic E-state index is 0.0667. The van der Waals surface area contributed by atoms with Gasteiger partial charge in [-0.25, -0.2) is 0 Å². The van der Waals surface area contributed by atoms with Gasteiger partial charge < -0.3 is 10.2 Å². The minimum Gasteiger partial charge on any atom is -0.351 e. The van der Waals surface area contributed by atoms with Gasteiger partial charge in [-0.15, -0.1) is 11.3 Å². The Balaban J connectivity index is 1.44. The monoisotopic (exact) mass is 316 g/mol. The van der Waals surface area contributed by atoms with Crippen molar-refractivity contribution in [2.24, 2.45) is 0 Å². The number of hydrogen-bond acceptors (Lipinski definition) is 3. The van der Waals surface area contributed by atoms with Crippen molar-refractivity contribution in [2.45, 2.75) is 32.1 Å². The first-order valence-corrected chi connectivity index (χ1v) is 9.14. The predicted octanol–water partition coefficient (Wildman–Crippen LogP) is 3.90. The molecular formula is C18H24N2OS. The van der Waals surface area contributed by atoms with Crippen LogP contribution in [0, 0.1) is 0 Å². The van der Waals surface area contributed by atoms with Crippen molar-refractivity contribution in [1.29, 1.82) is 0 Å². The quantitative estimate of drug-likeness (QED) is 0.849. The summed E-state index contributed by atoms with van der Waals surface area (Å²) in [5.41, 5.74) is 0. The van der Waals surface area contributed by atoms with E-state index >= 15 is 0 Å². The van der Waals surface area contributed by atoms with E-state index in [9.17, 15) is 4.79 Å². The maximum absolute atomic E-state index is 12.2. The highest BCUT2D eigenvalue weighted by Crippen LogP contribution is 2.24. The number of amides is 1. The Hall–Kier alpha value is -1.39. The van der Waals surface area contributed by atoms with Crippen molar-refractivity contribution in [3.05, 3.63) is 35.2 Å². The Kier molecular flexibility index (Phi) is 5.46. The van der Waals surface area contributed by atoms with E-state index in [2.05, 4.69) is 22.3 Å². The highest BCUT2D eigenvalue weighted by molar-refractivity contribution is 7.20. The van der Waals surface area contributed by atoms with E-state index in [0.29, 0.717) is 0 Å². The van der Waals surface area contributed by atoms with E-state index in [0.717, 1.165) is 29.8 Å². The molecule has 0 unspecified atom stereocenters. The van der Waals surface area contributed by atoms with Gasteiger partial charge in [-0.3, -0.25) is 4.79 Å². The fraction of sp³-hybridized carbons (Fsp3) is 0.500. The summed E-state index contributed by atoms with van der Waals surface area (Å²) >= 11 is 1.57. The zero-order valence-corrected chi connectivity index (χ0v) is 13.8. The lowest BCUT2D eigenvalue weighted by atomic mass is 10.2. The fourth-order valence-corrected chi connectivity index (χ4v) is 4.02. The van der Waals surface area contributed by atoms with Crippen molar-refractivity contribution >= 4 is 27.3 Å². The van der Waals surface area contributed by atoms with E-state index in [1.165, 1.54) is 43.5 Å². The summed E-state index contributed by atoms with van der Waals surface area (Å²) in [6.45, 7) is 4.32. The number of nitrogens with one attached hydrogen (secondary N) is 1. The molecule has 1 aliphatic heterocycles. The molecule has 1 fully saturated rings. The SMILES string of the molecule is O=C(NCCCN1CCCCCC1)c1cc2ccccc2s1. The van der Waals surface area contributed by atoms with E-state index in [4.69, 9.17) is 0 Å². The smallest absolute Gasteiger partial charge is 0.261 e. The first-order chi connectivity index (χ1) is 10.8. The summed E-state index contributed by atoms with van der Waals surface area (Å²) in [4.78, 5) is 15.6. The van der Waals surface area contributed by atoms with Crippen LogP contribution in [0.25, 0.3) is 10.1 Å². The van der Waals surface area contributed by atoms with Gasteiger partial charge in [-0.05, 0) is 56.4 Å². The predicted molar refractivity (Wildman–Crippen MR) is 93.7 cm³/mol. The second kappa shape index (κ2) is 7.75. The van der Waals surface area contributed by atoms with Crippen LogP contribution in [-0.2, 0) is 0 Å². The van der Waals surface area contributed by atoms with E-state index in [1.54, 1.807) is 11.3 Å². The molecule has 3 rings (SSSR count). The molecule has 118 valence electrons. The molecule has 1 saturated heterocycles. The molecule has 0 spiro atoms. The van der Waals surface area contributed by atoms with Crippen LogP contribution in [0.5, 0.6) is 0 Å². The third-order valence-corrected chi connectivity index (χ3v) is 5.40. The van der Waals surface area contributed by atoms with Gasteiger partial charge in [-0.1, -0.05) is 31.0 Å². The van der Waals surface area contributed by atoms with Gasteiger partial charge in [0.25, 0.3) is 5.91 Å². The zero-order valence-electron chi connectivity index (χ0n) is 13.0. The lowest BCUT2D eigenvalue weighted by molar-refractivity contribution is 0.0956. The number of hydrogen-bond donors (Lipinski definition) is 1. The maximum Gasteiger partial charge on any atom is 0.261 e. The Labute approximate surface area is 136 Å². The number of likely N-dealkylation sites (tertiary alicyclic amines) is 1. The van der Waals surface area contributed by atoms with Crippen molar-refractivity contribution in [2.75, 3.05) is 26.2 Å². The van der Waals surface area contributed by atoms with E-state index in [-0.39, 0.29) is 5.91 Å². The zero-order chi connectivity index (χ0) is 15.2. The van der Waals surface area contributed by atoms with Gasteiger partial charge in [-0.2, -0.15) is 0 Å². The lowest BCUT2D eigenvalue weighted by Gasteiger charge is -2.19. The summed E-state index contributed by atoms with van der Waals surface area (Å²) in [6, 6.07) is 10.1. The Bertz CT molecular complexity index is 581. The van der Waals surface area contributed by atoms with Gasteiger partial charge in [0.05, 0.1) is 4.88 Å². The van der Waals surface area contributed by atoms with Crippen LogP contribution in [0.2, 0.25) is 0 Å². The summed E-state index contributed by atoms with van der Waals surface area (Å²) < 4.78 is 1.18. The van der Waals surface area contributed by atoms with Crippen molar-refractivity contribution in [3.63, 3.8) is 0 Å². The number of fused-ring (bicyclic) bond motifs is 1. The average molecular weight is 316 g/mol. The second-order valence-electron chi connectivity index (χ2n) is 6.01. The molecule has 1 aromatic carbocycles. The molecule has 2 aromatic rings. The normalized spacial score (nSPS) is 16.5. The molecular weight excluding hydrogens is 292 g/mol. The molecule has 2 heterocycles. The van der Waals surface area contributed by atoms with Crippen LogP contribution in [0.4, 0.5) is 0 Å². The van der Waals surface area contributed by atoms with Gasteiger partial charge in [0.1, 0.15) is 0 Å². The number of rotatable bonds is 5. The molecule has 1 aromatic heterocycles. The molecule has 0 atom stereocenters. The molecule has 0 bridgehead atoms. The topological polar surface area (TPSA) is 32.3 Å². The van der Waals surface area contributed by atoms with Crippen LogP contribution in [0.1, 0.15) is 41.8 Å². The summed E-state index contributed by atoms with van der Waals surface area (Å²) in [5, 5.41) is 4.21. The van der Waals surface area contributed by atoms with Crippen LogP contribution in [0.15, 0.2) is 30.3 Å². The standard InChI is InChI=1S/C18H24N2OS/c21-18(17-14-15-8-3-4-9-16(15)22-17)19-10-7-13-20-11-5-1-2-6-12-20/h3-4,8-9,14H,1-2,5-7,10-13H2,(H,19,21). The third kappa shape index (κ3) is 4.08. The Morgan fingerprint density at radius 1 is 1.14 bits per heavy atom. The number of benzene rings is 1. The summed E-state index contributed by atoms with van der Waals surface area (Å²) in [5.74, 6) is 0.0667. The van der Waals surface area contributed by atoms with Crippen LogP contribution in [-0.4, -0.2) is 37.0 Å². The molecule has 1 aliphatic rings. The second-order valence-corrected chi connectivity index (χ2v) is 7.10. The fourth-order valence-electron chi connectivity index (χ4n) is 3.05. The van der Waals surface area contributed by atoms with E-state index in [1.807, 2.05) is 18.2 Å². The first kappa shape index (κ1) is 15.5. The van der Waals surface area contributed by atoms with Gasteiger partial charge in [0.2, 0.25) is 0 Å². The molecule has 4 heteroatoms. The highest BCUT2D eigenvalue weighted by atomic mass is 32.1. The molecule has 22 heavy (non-hydrogen) atoms. The third-order valence-electron chi connectivity index (χ3n) is 4.28. The van der Waals surface area contributed by atoms with Gasteiger partial charge >= 0.3 is 0 Å². The number of thiophene rings is 1. The number of carbonyl (C=O) groups is 1. The van der Waals surface area contributed by atoms with E-state index < -0.39 is 0 Å². The first-order valence-electron chi connectivity index (χ1n) is 8.32. The molecule has 0 aliphatic carbocycles. The lowest BCUT2D eigenvalue weighted by Crippen LogP contribution is -2.30. The molecule has 3 nitrogen and oxygen atoms in total. The van der Waals surface area contributed by atoms with Crippen LogP contribution < -0.4 is 5.32 Å². The number of carbonyl (C=O) groups excluding carboxylic acids is 1. The van der Waals surface area contributed by atoms with Crippen LogP contribution >= 0.6 is 11.3 Å². The summed E-state index contributed by atoms with van der Waals surface area (Å²) in [7, 11) is 0. The largest absolute Gasteiger partial charge is 0.351 e. The molecule has 0 radical (unpaired) electrons. The van der Waals surface area contributed by atoms with Crippen molar-refractivity contribution in [1.82, 2.24) is 10.2 Å². The molecule has 1 N–H and O–H groups in total. The average Bonchev–Trinajstić information content (AvgIpc) is 2.81. The Morgan fingerprint density at radius 2 is 1.91 bits per heavy atom. The van der Waals surface area contributed by atoms with Gasteiger partial charge in [0, 0.05) is 11.2 Å².